The molecule has 2 amide bonds. The van der Waals surface area contributed by atoms with Gasteiger partial charge in [-0.25, -0.2) is 4.98 Å². The first-order chi connectivity index (χ1) is 9.04. The summed E-state index contributed by atoms with van der Waals surface area (Å²) >= 11 is 1.45. The van der Waals surface area contributed by atoms with Gasteiger partial charge in [-0.15, -0.1) is 0 Å². The van der Waals surface area contributed by atoms with Gasteiger partial charge in [0.2, 0.25) is 11.8 Å². The Bertz CT molecular complexity index is 621. The maximum Gasteiger partial charge on any atom is 0.227 e. The number of benzene rings is 1. The van der Waals surface area contributed by atoms with Crippen molar-refractivity contribution >= 4 is 38.5 Å². The van der Waals surface area contributed by atoms with E-state index >= 15 is 0 Å². The molecule has 0 unspecified atom stereocenters. The normalized spacial score (nSPS) is 10.4. The van der Waals surface area contributed by atoms with Gasteiger partial charge in [-0.2, -0.15) is 0 Å². The van der Waals surface area contributed by atoms with Gasteiger partial charge in [0.05, 0.1) is 10.2 Å². The number of thiazole rings is 1. The van der Waals surface area contributed by atoms with Crippen molar-refractivity contribution in [1.29, 1.82) is 0 Å². The molecular formula is C13H15N3O2S. The largest absolute Gasteiger partial charge is 0.356 e. The van der Waals surface area contributed by atoms with Crippen LogP contribution in [0.5, 0.6) is 0 Å². The van der Waals surface area contributed by atoms with Crippen LogP contribution in [0.4, 0.5) is 5.13 Å². The number of hydrogen-bond acceptors (Lipinski definition) is 4. The summed E-state index contributed by atoms with van der Waals surface area (Å²) in [4.78, 5) is 26.7. The fourth-order valence-electron chi connectivity index (χ4n) is 1.62. The van der Waals surface area contributed by atoms with Gasteiger partial charge in [0.1, 0.15) is 0 Å². The summed E-state index contributed by atoms with van der Waals surface area (Å²) in [6, 6.07) is 5.97. The molecule has 0 bridgehead atoms. The van der Waals surface area contributed by atoms with Gasteiger partial charge in [-0.1, -0.05) is 17.4 Å². The molecule has 0 atom stereocenters. The number of aryl methyl sites for hydroxylation is 1. The zero-order valence-electron chi connectivity index (χ0n) is 10.8. The molecule has 2 rings (SSSR count). The van der Waals surface area contributed by atoms with E-state index in [2.05, 4.69) is 15.6 Å². The first-order valence-corrected chi connectivity index (χ1v) is 6.78. The van der Waals surface area contributed by atoms with Gasteiger partial charge >= 0.3 is 0 Å². The topological polar surface area (TPSA) is 71.1 Å². The fraction of sp³-hybridized carbons (Fsp3) is 0.308. The van der Waals surface area contributed by atoms with Crippen molar-refractivity contribution in [3.05, 3.63) is 23.8 Å². The molecule has 1 aromatic heterocycles. The molecule has 1 aromatic carbocycles. The van der Waals surface area contributed by atoms with Crippen molar-refractivity contribution in [2.24, 2.45) is 0 Å². The number of carbonyl (C=O) groups is 2. The standard InChI is InChI=1S/C13H15N3O2S/c1-8-3-4-10-11(7-8)19-13(15-10)16-12(18)5-6-14-9(2)17/h3-4,7H,5-6H2,1-2H3,(H,14,17)(H,15,16,18). The molecule has 2 aromatic rings. The van der Waals surface area contributed by atoms with Crippen LogP contribution in [-0.2, 0) is 9.59 Å². The monoisotopic (exact) mass is 277 g/mol. The summed E-state index contributed by atoms with van der Waals surface area (Å²) in [6.07, 6.45) is 0.245. The molecule has 0 radical (unpaired) electrons. The lowest BCUT2D eigenvalue weighted by Crippen LogP contribution is -2.25. The molecule has 0 spiro atoms. The Labute approximate surface area is 115 Å². The second-order valence-corrected chi connectivity index (χ2v) is 5.30. The van der Waals surface area contributed by atoms with Crippen LogP contribution in [0.25, 0.3) is 10.2 Å². The maximum atomic E-state index is 11.6. The van der Waals surface area contributed by atoms with Crippen LogP contribution >= 0.6 is 11.3 Å². The first-order valence-electron chi connectivity index (χ1n) is 5.96. The van der Waals surface area contributed by atoms with Crippen molar-refractivity contribution < 1.29 is 9.59 Å². The highest BCUT2D eigenvalue weighted by Crippen LogP contribution is 2.26. The number of fused-ring (bicyclic) bond motifs is 1. The molecule has 1 heterocycles. The van der Waals surface area contributed by atoms with E-state index in [1.807, 2.05) is 25.1 Å². The van der Waals surface area contributed by atoms with Crippen molar-refractivity contribution in [2.45, 2.75) is 20.3 Å². The van der Waals surface area contributed by atoms with Crippen LogP contribution in [0.15, 0.2) is 18.2 Å². The lowest BCUT2D eigenvalue weighted by atomic mass is 10.2. The van der Waals surface area contributed by atoms with Crippen LogP contribution in [0, 0.1) is 6.92 Å². The molecule has 5 nitrogen and oxygen atoms in total. The quantitative estimate of drug-likeness (QED) is 0.898. The van der Waals surface area contributed by atoms with E-state index in [1.165, 1.54) is 23.8 Å². The van der Waals surface area contributed by atoms with Crippen molar-refractivity contribution in [3.8, 4) is 0 Å². The Hall–Kier alpha value is -1.95. The van der Waals surface area contributed by atoms with Crippen LogP contribution < -0.4 is 10.6 Å². The molecule has 0 aliphatic rings. The summed E-state index contributed by atoms with van der Waals surface area (Å²) in [5.41, 5.74) is 2.05. The Kier molecular flexibility index (Phi) is 4.11. The number of rotatable bonds is 4. The maximum absolute atomic E-state index is 11.6. The Morgan fingerprint density at radius 2 is 2.16 bits per heavy atom. The summed E-state index contributed by atoms with van der Waals surface area (Å²) < 4.78 is 1.05. The average molecular weight is 277 g/mol. The summed E-state index contributed by atoms with van der Waals surface area (Å²) in [5, 5.41) is 5.91. The lowest BCUT2D eigenvalue weighted by Gasteiger charge is -2.01. The molecule has 0 aliphatic carbocycles. The van der Waals surface area contributed by atoms with E-state index < -0.39 is 0 Å². The van der Waals surface area contributed by atoms with Gasteiger partial charge in [0.15, 0.2) is 5.13 Å². The van der Waals surface area contributed by atoms with Crippen molar-refractivity contribution in [3.63, 3.8) is 0 Å². The highest BCUT2D eigenvalue weighted by Gasteiger charge is 2.07. The number of anilines is 1. The van der Waals surface area contributed by atoms with E-state index in [0.29, 0.717) is 11.7 Å². The minimum absolute atomic E-state index is 0.136. The van der Waals surface area contributed by atoms with E-state index in [0.717, 1.165) is 10.2 Å². The van der Waals surface area contributed by atoms with Gasteiger partial charge in [0, 0.05) is 19.9 Å². The number of amides is 2. The number of carbonyl (C=O) groups excluding carboxylic acids is 2. The first kappa shape index (κ1) is 13.5. The number of hydrogen-bond donors (Lipinski definition) is 2. The number of nitrogens with one attached hydrogen (secondary N) is 2. The van der Waals surface area contributed by atoms with Crippen molar-refractivity contribution in [2.75, 3.05) is 11.9 Å². The molecule has 0 aliphatic heterocycles. The predicted molar refractivity (Wildman–Crippen MR) is 76.3 cm³/mol. The molecule has 0 fully saturated rings. The summed E-state index contributed by atoms with van der Waals surface area (Å²) in [7, 11) is 0. The Morgan fingerprint density at radius 1 is 1.37 bits per heavy atom. The minimum atomic E-state index is -0.149. The Morgan fingerprint density at radius 3 is 2.89 bits per heavy atom. The van der Waals surface area contributed by atoms with Crippen LogP contribution in [-0.4, -0.2) is 23.3 Å². The van der Waals surface area contributed by atoms with Crippen molar-refractivity contribution in [1.82, 2.24) is 10.3 Å². The minimum Gasteiger partial charge on any atom is -0.356 e. The zero-order valence-corrected chi connectivity index (χ0v) is 11.6. The molecule has 6 heteroatoms. The second kappa shape index (κ2) is 5.79. The SMILES string of the molecule is CC(=O)NCCC(=O)Nc1nc2ccc(C)cc2s1. The third-order valence-electron chi connectivity index (χ3n) is 2.52. The van der Waals surface area contributed by atoms with Gasteiger partial charge < -0.3 is 10.6 Å². The van der Waals surface area contributed by atoms with E-state index in [4.69, 9.17) is 0 Å². The van der Waals surface area contributed by atoms with E-state index in [-0.39, 0.29) is 18.2 Å². The number of aromatic nitrogens is 1. The lowest BCUT2D eigenvalue weighted by molar-refractivity contribution is -0.119. The predicted octanol–water partition coefficient (Wildman–Crippen LogP) is 2.07. The van der Waals surface area contributed by atoms with Gasteiger partial charge in [-0.05, 0) is 24.6 Å². The molecule has 0 saturated heterocycles. The molecule has 2 N–H and O–H groups in total. The smallest absolute Gasteiger partial charge is 0.227 e. The summed E-state index contributed by atoms with van der Waals surface area (Å²) in [6.45, 7) is 3.78. The highest BCUT2D eigenvalue weighted by molar-refractivity contribution is 7.22. The Balaban J connectivity index is 1.97. The number of nitrogens with zero attached hydrogens (tertiary/aromatic N) is 1. The molecule has 0 saturated carbocycles. The zero-order chi connectivity index (χ0) is 13.8. The van der Waals surface area contributed by atoms with E-state index in [9.17, 15) is 9.59 Å². The third-order valence-corrected chi connectivity index (χ3v) is 3.45. The van der Waals surface area contributed by atoms with Crippen LogP contribution in [0.3, 0.4) is 0 Å². The fourth-order valence-corrected chi connectivity index (χ4v) is 2.60. The van der Waals surface area contributed by atoms with Gasteiger partial charge in [0.25, 0.3) is 0 Å². The van der Waals surface area contributed by atoms with Gasteiger partial charge in [-0.3, -0.25) is 9.59 Å². The van der Waals surface area contributed by atoms with Crippen LogP contribution in [0.2, 0.25) is 0 Å². The van der Waals surface area contributed by atoms with Crippen LogP contribution in [0.1, 0.15) is 18.9 Å². The summed E-state index contributed by atoms with van der Waals surface area (Å²) in [5.74, 6) is -0.284. The average Bonchev–Trinajstić information content (AvgIpc) is 2.69. The molecule has 100 valence electrons. The molecular weight excluding hydrogens is 262 g/mol. The van der Waals surface area contributed by atoms with E-state index in [1.54, 1.807) is 0 Å². The molecule has 19 heavy (non-hydrogen) atoms. The highest BCUT2D eigenvalue weighted by atomic mass is 32.1. The second-order valence-electron chi connectivity index (χ2n) is 4.27. The third kappa shape index (κ3) is 3.75.